The minimum atomic E-state index is -4.96. The first kappa shape index (κ1) is 26.2. The van der Waals surface area contributed by atoms with Crippen LogP contribution in [-0.2, 0) is 16.1 Å². The first-order valence-electron chi connectivity index (χ1n) is 10.2. The van der Waals surface area contributed by atoms with Crippen molar-refractivity contribution in [2.24, 2.45) is 5.92 Å². The van der Waals surface area contributed by atoms with Crippen LogP contribution in [0, 0.1) is 5.92 Å². The van der Waals surface area contributed by atoms with Gasteiger partial charge in [0.25, 0.3) is 5.91 Å². The average molecular weight is 484 g/mol. The van der Waals surface area contributed by atoms with Gasteiger partial charge in [-0.3, -0.25) is 14.4 Å². The molecule has 0 heterocycles. The van der Waals surface area contributed by atoms with Crippen LogP contribution in [0.1, 0.15) is 36.7 Å². The smallest absolute Gasteiger partial charge is 0.340 e. The number of nitrogens with zero attached hydrogens (tertiary/aromatic N) is 1. The van der Waals surface area contributed by atoms with E-state index in [9.17, 15) is 27.6 Å². The molecule has 0 saturated heterocycles. The van der Waals surface area contributed by atoms with E-state index in [4.69, 9.17) is 11.6 Å². The molecule has 1 atom stereocenters. The summed E-state index contributed by atoms with van der Waals surface area (Å²) < 4.78 is 38.3. The third-order valence-corrected chi connectivity index (χ3v) is 5.07. The molecule has 2 rings (SSSR count). The van der Waals surface area contributed by atoms with Crippen molar-refractivity contribution in [1.29, 1.82) is 0 Å². The predicted molar refractivity (Wildman–Crippen MR) is 120 cm³/mol. The van der Waals surface area contributed by atoms with E-state index >= 15 is 0 Å². The van der Waals surface area contributed by atoms with Crippen molar-refractivity contribution in [3.63, 3.8) is 0 Å². The van der Waals surface area contributed by atoms with Gasteiger partial charge in [-0.05, 0) is 54.8 Å². The largest absolute Gasteiger partial charge is 0.471 e. The summed E-state index contributed by atoms with van der Waals surface area (Å²) in [6.07, 6.45) is -4.96. The van der Waals surface area contributed by atoms with Gasteiger partial charge in [0.2, 0.25) is 5.91 Å². The number of amides is 3. The van der Waals surface area contributed by atoms with Gasteiger partial charge in [-0.2, -0.15) is 13.2 Å². The van der Waals surface area contributed by atoms with Crippen molar-refractivity contribution >= 4 is 35.0 Å². The maximum atomic E-state index is 12.8. The highest BCUT2D eigenvalue weighted by atomic mass is 35.5. The number of halogens is 4. The second-order valence-corrected chi connectivity index (χ2v) is 8.15. The quantitative estimate of drug-likeness (QED) is 0.574. The normalized spacial score (nSPS) is 12.2. The van der Waals surface area contributed by atoms with Crippen LogP contribution in [0.2, 0.25) is 5.02 Å². The van der Waals surface area contributed by atoms with Gasteiger partial charge in [-0.25, -0.2) is 0 Å². The van der Waals surface area contributed by atoms with E-state index < -0.39 is 29.9 Å². The van der Waals surface area contributed by atoms with E-state index in [1.165, 1.54) is 25.1 Å². The average Bonchev–Trinajstić information content (AvgIpc) is 2.75. The molecule has 0 spiro atoms. The molecule has 0 radical (unpaired) electrons. The molecule has 0 saturated carbocycles. The van der Waals surface area contributed by atoms with Crippen molar-refractivity contribution in [2.75, 3.05) is 11.9 Å². The van der Waals surface area contributed by atoms with E-state index in [-0.39, 0.29) is 19.0 Å². The second-order valence-electron chi connectivity index (χ2n) is 7.71. The molecule has 0 aliphatic heterocycles. The zero-order valence-corrected chi connectivity index (χ0v) is 19.1. The number of hydrogen-bond donors (Lipinski definition) is 2. The van der Waals surface area contributed by atoms with Crippen molar-refractivity contribution in [1.82, 2.24) is 10.2 Å². The Kier molecular flexibility index (Phi) is 8.87. The third-order valence-electron chi connectivity index (χ3n) is 4.82. The fraction of sp³-hybridized carbons (Fsp3) is 0.348. The number of hydrogen-bond acceptors (Lipinski definition) is 3. The summed E-state index contributed by atoms with van der Waals surface area (Å²) in [5.41, 5.74) is 1.09. The lowest BCUT2D eigenvalue weighted by molar-refractivity contribution is -0.185. The van der Waals surface area contributed by atoms with Crippen LogP contribution in [0.15, 0.2) is 48.5 Å². The highest BCUT2D eigenvalue weighted by Crippen LogP contribution is 2.21. The molecular weight excluding hydrogens is 459 g/mol. The molecule has 3 amide bonds. The number of anilines is 1. The monoisotopic (exact) mass is 483 g/mol. The van der Waals surface area contributed by atoms with Crippen molar-refractivity contribution in [3.8, 4) is 0 Å². The fourth-order valence-corrected chi connectivity index (χ4v) is 3.18. The van der Waals surface area contributed by atoms with Gasteiger partial charge in [0.05, 0.1) is 0 Å². The molecule has 2 N–H and O–H groups in total. The van der Waals surface area contributed by atoms with Crippen LogP contribution in [0.5, 0.6) is 0 Å². The zero-order chi connectivity index (χ0) is 24.8. The van der Waals surface area contributed by atoms with Crippen LogP contribution in [0.3, 0.4) is 0 Å². The Bertz CT molecular complexity index is 994. The molecule has 178 valence electrons. The van der Waals surface area contributed by atoms with E-state index in [1.54, 1.807) is 44.2 Å². The molecule has 0 aliphatic rings. The molecular formula is C23H25ClF3N3O3. The molecule has 0 aromatic heterocycles. The summed E-state index contributed by atoms with van der Waals surface area (Å²) in [5.74, 6) is -3.10. The summed E-state index contributed by atoms with van der Waals surface area (Å²) in [7, 11) is 0. The third kappa shape index (κ3) is 7.49. The molecule has 6 nitrogen and oxygen atoms in total. The number of alkyl halides is 3. The van der Waals surface area contributed by atoms with Crippen molar-refractivity contribution < 1.29 is 27.6 Å². The molecule has 1 unspecified atom stereocenters. The summed E-state index contributed by atoms with van der Waals surface area (Å²) >= 11 is 5.83. The summed E-state index contributed by atoms with van der Waals surface area (Å²) in [5, 5.41) is 5.84. The molecule has 0 bridgehead atoms. The van der Waals surface area contributed by atoms with E-state index in [0.717, 1.165) is 0 Å². The van der Waals surface area contributed by atoms with E-state index in [0.29, 0.717) is 26.7 Å². The minimum absolute atomic E-state index is 0.124. The molecule has 2 aromatic carbocycles. The molecule has 0 aliphatic carbocycles. The topological polar surface area (TPSA) is 78.5 Å². The SMILES string of the molecule is CCN(Cc1cccc(NC(=O)C(NC(=O)c2ccc(Cl)cc2)C(C)C)c1)C(=O)C(F)(F)F. The number of carbonyl (C=O) groups is 3. The highest BCUT2D eigenvalue weighted by molar-refractivity contribution is 6.30. The van der Waals surface area contributed by atoms with Crippen molar-refractivity contribution in [2.45, 2.75) is 39.5 Å². The Balaban J connectivity index is 2.11. The Morgan fingerprint density at radius 1 is 1.06 bits per heavy atom. The highest BCUT2D eigenvalue weighted by Gasteiger charge is 2.41. The van der Waals surface area contributed by atoms with Gasteiger partial charge in [-0.15, -0.1) is 0 Å². The fourth-order valence-electron chi connectivity index (χ4n) is 3.06. The van der Waals surface area contributed by atoms with Gasteiger partial charge in [0.1, 0.15) is 6.04 Å². The summed E-state index contributed by atoms with van der Waals surface area (Å²) in [6.45, 7) is 4.60. The Morgan fingerprint density at radius 2 is 1.70 bits per heavy atom. The first-order chi connectivity index (χ1) is 15.4. The van der Waals surface area contributed by atoms with Crippen LogP contribution in [0.25, 0.3) is 0 Å². The van der Waals surface area contributed by atoms with Crippen LogP contribution in [0.4, 0.5) is 18.9 Å². The van der Waals surface area contributed by atoms with Gasteiger partial charge in [-0.1, -0.05) is 37.6 Å². The Hall–Kier alpha value is -3.07. The molecule has 10 heteroatoms. The van der Waals surface area contributed by atoms with E-state index in [1.807, 2.05) is 0 Å². The Labute approximate surface area is 195 Å². The lowest BCUT2D eigenvalue weighted by atomic mass is 10.0. The number of nitrogens with one attached hydrogen (secondary N) is 2. The second kappa shape index (κ2) is 11.2. The van der Waals surface area contributed by atoms with Crippen molar-refractivity contribution in [3.05, 3.63) is 64.7 Å². The maximum Gasteiger partial charge on any atom is 0.471 e. The molecule has 2 aromatic rings. The van der Waals surface area contributed by atoms with Crippen LogP contribution >= 0.6 is 11.6 Å². The molecule has 33 heavy (non-hydrogen) atoms. The van der Waals surface area contributed by atoms with Gasteiger partial charge >= 0.3 is 12.1 Å². The summed E-state index contributed by atoms with van der Waals surface area (Å²) in [6, 6.07) is 11.5. The number of benzene rings is 2. The maximum absolute atomic E-state index is 12.8. The first-order valence-corrected chi connectivity index (χ1v) is 10.6. The molecule has 0 fully saturated rings. The van der Waals surface area contributed by atoms with Gasteiger partial charge in [0, 0.05) is 29.4 Å². The predicted octanol–water partition coefficient (Wildman–Crippen LogP) is 4.64. The Morgan fingerprint density at radius 3 is 2.24 bits per heavy atom. The number of carbonyl (C=O) groups excluding carboxylic acids is 3. The summed E-state index contributed by atoms with van der Waals surface area (Å²) in [4.78, 5) is 37.6. The standard InChI is InChI=1S/C23H25ClF3N3O3/c1-4-30(22(33)23(25,26)27)13-15-6-5-7-18(12-15)28-21(32)19(14(2)3)29-20(31)16-8-10-17(24)11-9-16/h5-12,14,19H,4,13H2,1-3H3,(H,28,32)(H,29,31). The lowest BCUT2D eigenvalue weighted by Gasteiger charge is -2.23. The van der Waals surface area contributed by atoms with E-state index in [2.05, 4.69) is 10.6 Å². The van der Waals surface area contributed by atoms with Gasteiger partial charge in [0.15, 0.2) is 0 Å². The van der Waals surface area contributed by atoms with Gasteiger partial charge < -0.3 is 15.5 Å². The zero-order valence-electron chi connectivity index (χ0n) is 18.4. The lowest BCUT2D eigenvalue weighted by Crippen LogP contribution is -2.47. The van der Waals surface area contributed by atoms with Crippen LogP contribution < -0.4 is 10.6 Å². The van der Waals surface area contributed by atoms with Crippen LogP contribution in [-0.4, -0.2) is 41.4 Å². The minimum Gasteiger partial charge on any atom is -0.340 e. The number of rotatable bonds is 8.